The molecule has 23 heavy (non-hydrogen) atoms. The molecule has 0 aliphatic carbocycles. The third-order valence-corrected chi connectivity index (χ3v) is 4.08. The van der Waals surface area contributed by atoms with E-state index in [1.807, 2.05) is 6.07 Å². The summed E-state index contributed by atoms with van der Waals surface area (Å²) in [6, 6.07) is 10.1. The van der Waals surface area contributed by atoms with E-state index in [-0.39, 0.29) is 18.7 Å². The molecule has 0 radical (unpaired) electrons. The number of nitrogens with zero attached hydrogens (tertiary/aromatic N) is 2. The minimum Gasteiger partial charge on any atom is -0.394 e. The van der Waals surface area contributed by atoms with Gasteiger partial charge < -0.3 is 15.7 Å². The number of aliphatic hydroxyl groups excluding tert-OH is 1. The minimum atomic E-state index is -0.214. The Morgan fingerprint density at radius 2 is 1.83 bits per heavy atom. The molecule has 0 saturated carbocycles. The summed E-state index contributed by atoms with van der Waals surface area (Å²) in [5.41, 5.74) is 1.36. The highest BCUT2D eigenvalue weighted by molar-refractivity contribution is 5.74. The van der Waals surface area contributed by atoms with Crippen molar-refractivity contribution < 1.29 is 9.90 Å². The number of urea groups is 1. The molecule has 1 heterocycles. The Balaban J connectivity index is 1.59. The summed E-state index contributed by atoms with van der Waals surface area (Å²) < 4.78 is 0. The van der Waals surface area contributed by atoms with Gasteiger partial charge in [-0.2, -0.15) is 0 Å². The minimum absolute atomic E-state index is 0.0448. The fraction of sp³-hybridized carbons (Fsp3) is 0.588. The lowest BCUT2D eigenvalue weighted by atomic mass is 10.2. The van der Waals surface area contributed by atoms with E-state index < -0.39 is 0 Å². The maximum absolute atomic E-state index is 11.5. The molecule has 1 aromatic carbocycles. The highest BCUT2D eigenvalue weighted by Gasteiger charge is 2.16. The van der Waals surface area contributed by atoms with Crippen molar-refractivity contribution in [1.82, 2.24) is 20.4 Å². The average Bonchev–Trinajstić information content (AvgIpc) is 2.57. The van der Waals surface area contributed by atoms with Crippen molar-refractivity contribution in [2.24, 2.45) is 0 Å². The molecular formula is C17H28N4O2. The molecular weight excluding hydrogens is 292 g/mol. The second-order valence-electron chi connectivity index (χ2n) is 6.09. The first-order valence-corrected chi connectivity index (χ1v) is 8.31. The van der Waals surface area contributed by atoms with Crippen LogP contribution in [0.1, 0.15) is 12.5 Å². The molecule has 2 rings (SSSR count). The van der Waals surface area contributed by atoms with Gasteiger partial charge in [0, 0.05) is 45.8 Å². The van der Waals surface area contributed by atoms with Crippen LogP contribution in [0.15, 0.2) is 30.3 Å². The van der Waals surface area contributed by atoms with E-state index in [0.29, 0.717) is 6.54 Å². The zero-order chi connectivity index (χ0) is 16.5. The lowest BCUT2D eigenvalue weighted by Crippen LogP contribution is -2.49. The van der Waals surface area contributed by atoms with Gasteiger partial charge in [0.2, 0.25) is 0 Å². The van der Waals surface area contributed by atoms with Gasteiger partial charge in [0.25, 0.3) is 0 Å². The molecule has 0 bridgehead atoms. The average molecular weight is 320 g/mol. The third kappa shape index (κ3) is 6.56. The smallest absolute Gasteiger partial charge is 0.315 e. The Bertz CT molecular complexity index is 461. The maximum atomic E-state index is 11.5. The zero-order valence-electron chi connectivity index (χ0n) is 13.9. The van der Waals surface area contributed by atoms with Crippen molar-refractivity contribution in [2.75, 3.05) is 45.9 Å². The fourth-order valence-electron chi connectivity index (χ4n) is 2.66. The van der Waals surface area contributed by atoms with Gasteiger partial charge in [-0.15, -0.1) is 0 Å². The summed E-state index contributed by atoms with van der Waals surface area (Å²) in [5.74, 6) is 0. The lowest BCUT2D eigenvalue weighted by molar-refractivity contribution is 0.128. The molecule has 6 nitrogen and oxygen atoms in total. The molecule has 0 aromatic heterocycles. The first-order valence-electron chi connectivity index (χ1n) is 8.31. The number of hydrogen-bond acceptors (Lipinski definition) is 4. The monoisotopic (exact) mass is 320 g/mol. The fourth-order valence-corrected chi connectivity index (χ4v) is 2.66. The van der Waals surface area contributed by atoms with Gasteiger partial charge in [0.05, 0.1) is 12.6 Å². The number of hydrogen-bond donors (Lipinski definition) is 3. The topological polar surface area (TPSA) is 67.8 Å². The summed E-state index contributed by atoms with van der Waals surface area (Å²) >= 11 is 0. The molecule has 2 amide bonds. The van der Waals surface area contributed by atoms with Crippen molar-refractivity contribution in [3.63, 3.8) is 0 Å². The molecule has 1 aliphatic rings. The van der Waals surface area contributed by atoms with Crippen molar-refractivity contribution in [3.05, 3.63) is 35.9 Å². The largest absolute Gasteiger partial charge is 0.394 e. The van der Waals surface area contributed by atoms with Gasteiger partial charge >= 0.3 is 6.03 Å². The van der Waals surface area contributed by atoms with Crippen LogP contribution in [-0.2, 0) is 6.54 Å². The van der Waals surface area contributed by atoms with Gasteiger partial charge in [0.15, 0.2) is 0 Å². The molecule has 1 unspecified atom stereocenters. The third-order valence-electron chi connectivity index (χ3n) is 4.08. The summed E-state index contributed by atoms with van der Waals surface area (Å²) in [5, 5.41) is 14.4. The Kier molecular flexibility index (Phi) is 7.32. The Morgan fingerprint density at radius 3 is 2.48 bits per heavy atom. The quantitative estimate of drug-likeness (QED) is 0.684. The molecule has 1 aliphatic heterocycles. The molecule has 1 saturated heterocycles. The molecule has 1 aromatic rings. The molecule has 1 atom stereocenters. The highest BCUT2D eigenvalue weighted by atomic mass is 16.3. The Labute approximate surface area is 138 Å². The SMILES string of the molecule is CC(CO)NC(=O)NCCN1CCN(Cc2ccccc2)CC1. The van der Waals surface area contributed by atoms with Crippen LogP contribution in [0.3, 0.4) is 0 Å². The number of carbonyl (C=O) groups excluding carboxylic acids is 1. The van der Waals surface area contributed by atoms with Crippen LogP contribution in [0.4, 0.5) is 4.79 Å². The second-order valence-corrected chi connectivity index (χ2v) is 6.09. The van der Waals surface area contributed by atoms with Crippen molar-refractivity contribution in [2.45, 2.75) is 19.5 Å². The van der Waals surface area contributed by atoms with Gasteiger partial charge in [-0.1, -0.05) is 30.3 Å². The number of aliphatic hydroxyl groups is 1. The Morgan fingerprint density at radius 1 is 1.17 bits per heavy atom. The van der Waals surface area contributed by atoms with Crippen molar-refractivity contribution in [1.29, 1.82) is 0 Å². The van der Waals surface area contributed by atoms with E-state index >= 15 is 0 Å². The number of nitrogens with one attached hydrogen (secondary N) is 2. The second kappa shape index (κ2) is 9.50. The molecule has 1 fully saturated rings. The first-order chi connectivity index (χ1) is 11.2. The van der Waals surface area contributed by atoms with E-state index in [2.05, 4.69) is 44.7 Å². The van der Waals surface area contributed by atoms with Crippen molar-refractivity contribution in [3.8, 4) is 0 Å². The van der Waals surface area contributed by atoms with Crippen LogP contribution in [0.2, 0.25) is 0 Å². The molecule has 0 spiro atoms. The standard InChI is InChI=1S/C17H28N4O2/c1-15(14-22)19-17(23)18-7-8-20-9-11-21(12-10-20)13-16-5-3-2-4-6-16/h2-6,15,22H,7-14H2,1H3,(H2,18,19,23). The number of amides is 2. The van der Waals surface area contributed by atoms with Crippen LogP contribution >= 0.6 is 0 Å². The van der Waals surface area contributed by atoms with E-state index in [4.69, 9.17) is 5.11 Å². The molecule has 128 valence electrons. The van der Waals surface area contributed by atoms with Crippen LogP contribution < -0.4 is 10.6 Å². The summed E-state index contributed by atoms with van der Waals surface area (Å²) in [7, 11) is 0. The maximum Gasteiger partial charge on any atom is 0.315 e. The first kappa shape index (κ1) is 17.7. The predicted octanol–water partition coefficient (Wildman–Crippen LogP) is 0.484. The van der Waals surface area contributed by atoms with Crippen LogP contribution in [0, 0.1) is 0 Å². The van der Waals surface area contributed by atoms with Gasteiger partial charge in [-0.05, 0) is 12.5 Å². The Hall–Kier alpha value is -1.63. The molecule has 6 heteroatoms. The number of rotatable bonds is 7. The van der Waals surface area contributed by atoms with Crippen LogP contribution in [0.5, 0.6) is 0 Å². The van der Waals surface area contributed by atoms with Gasteiger partial charge in [-0.3, -0.25) is 9.80 Å². The van der Waals surface area contributed by atoms with Gasteiger partial charge in [-0.25, -0.2) is 4.79 Å². The predicted molar refractivity (Wildman–Crippen MR) is 91.2 cm³/mol. The van der Waals surface area contributed by atoms with E-state index in [1.54, 1.807) is 6.92 Å². The summed E-state index contributed by atoms with van der Waals surface area (Å²) in [6.07, 6.45) is 0. The molecule has 3 N–H and O–H groups in total. The number of piperazine rings is 1. The zero-order valence-corrected chi connectivity index (χ0v) is 13.9. The van der Waals surface area contributed by atoms with E-state index in [0.717, 1.165) is 39.3 Å². The summed E-state index contributed by atoms with van der Waals surface area (Å²) in [4.78, 5) is 16.4. The number of carbonyl (C=O) groups is 1. The number of benzene rings is 1. The van der Waals surface area contributed by atoms with Crippen LogP contribution in [0.25, 0.3) is 0 Å². The van der Waals surface area contributed by atoms with Crippen LogP contribution in [-0.4, -0.2) is 72.9 Å². The summed E-state index contributed by atoms with van der Waals surface area (Å²) in [6.45, 7) is 8.40. The lowest BCUT2D eigenvalue weighted by Gasteiger charge is -2.34. The highest BCUT2D eigenvalue weighted by Crippen LogP contribution is 2.07. The van der Waals surface area contributed by atoms with Gasteiger partial charge in [0.1, 0.15) is 0 Å². The normalized spacial score (nSPS) is 17.7. The van der Waals surface area contributed by atoms with Crippen molar-refractivity contribution >= 4 is 6.03 Å². The van der Waals surface area contributed by atoms with E-state index in [9.17, 15) is 4.79 Å². The van der Waals surface area contributed by atoms with E-state index in [1.165, 1.54) is 5.56 Å².